The molecular formula is C16H16FNO2S. The summed E-state index contributed by atoms with van der Waals surface area (Å²) in [6, 6.07) is 13.3. The van der Waals surface area contributed by atoms with Gasteiger partial charge in [0, 0.05) is 4.90 Å². The molecule has 1 amide bonds. The van der Waals surface area contributed by atoms with Crippen molar-refractivity contribution in [3.63, 3.8) is 0 Å². The Kier molecular flexibility index (Phi) is 5.22. The van der Waals surface area contributed by atoms with Crippen LogP contribution in [0.25, 0.3) is 0 Å². The second-order valence-corrected chi connectivity index (χ2v) is 5.82. The first-order valence-corrected chi connectivity index (χ1v) is 7.34. The van der Waals surface area contributed by atoms with E-state index in [-0.39, 0.29) is 17.0 Å². The largest absolute Gasteiger partial charge is 0.495 e. The van der Waals surface area contributed by atoms with Gasteiger partial charge >= 0.3 is 0 Å². The smallest absolute Gasteiger partial charge is 0.237 e. The van der Waals surface area contributed by atoms with Crippen molar-refractivity contribution in [2.75, 3.05) is 12.4 Å². The summed E-state index contributed by atoms with van der Waals surface area (Å²) >= 11 is 1.37. The fraction of sp³-hybridized carbons (Fsp3) is 0.188. The van der Waals surface area contributed by atoms with E-state index in [0.717, 1.165) is 4.90 Å². The molecule has 0 saturated heterocycles. The summed E-state index contributed by atoms with van der Waals surface area (Å²) in [4.78, 5) is 13.0. The predicted octanol–water partition coefficient (Wildman–Crippen LogP) is 3.95. The fourth-order valence-electron chi connectivity index (χ4n) is 1.75. The molecule has 0 aliphatic rings. The minimum Gasteiger partial charge on any atom is -0.495 e. The number of thioether (sulfide) groups is 1. The van der Waals surface area contributed by atoms with E-state index in [2.05, 4.69) is 5.32 Å². The Bertz CT molecular complexity index is 616. The minimum absolute atomic E-state index is 0.131. The Hall–Kier alpha value is -2.01. The zero-order valence-electron chi connectivity index (χ0n) is 11.8. The first-order valence-electron chi connectivity index (χ1n) is 6.46. The lowest BCUT2D eigenvalue weighted by Crippen LogP contribution is -2.22. The predicted molar refractivity (Wildman–Crippen MR) is 83.3 cm³/mol. The van der Waals surface area contributed by atoms with Crippen LogP contribution >= 0.6 is 11.8 Å². The highest BCUT2D eigenvalue weighted by molar-refractivity contribution is 8.00. The van der Waals surface area contributed by atoms with Gasteiger partial charge in [0.25, 0.3) is 0 Å². The first kappa shape index (κ1) is 15.4. The van der Waals surface area contributed by atoms with Gasteiger partial charge in [-0.2, -0.15) is 0 Å². The van der Waals surface area contributed by atoms with Crippen LogP contribution in [0.1, 0.15) is 6.92 Å². The summed E-state index contributed by atoms with van der Waals surface area (Å²) in [5, 5.41) is 2.53. The monoisotopic (exact) mass is 305 g/mol. The normalized spacial score (nSPS) is 11.8. The summed E-state index contributed by atoms with van der Waals surface area (Å²) in [5.74, 6) is 0.198. The number of methoxy groups -OCH3 is 1. The van der Waals surface area contributed by atoms with Gasteiger partial charge in [0.1, 0.15) is 11.6 Å². The van der Waals surface area contributed by atoms with E-state index in [1.165, 1.54) is 23.9 Å². The standard InChI is InChI=1S/C16H16FNO2S/c1-11(21-13-9-7-12(17)8-10-13)16(19)18-14-5-3-4-6-15(14)20-2/h3-11H,1-2H3,(H,18,19)/t11-/m1/s1. The maximum absolute atomic E-state index is 12.9. The molecule has 0 aromatic heterocycles. The number of carbonyl (C=O) groups excluding carboxylic acids is 1. The van der Waals surface area contributed by atoms with Crippen molar-refractivity contribution in [2.24, 2.45) is 0 Å². The van der Waals surface area contributed by atoms with Gasteiger partial charge in [-0.3, -0.25) is 4.79 Å². The number of carbonyl (C=O) groups is 1. The molecule has 110 valence electrons. The van der Waals surface area contributed by atoms with Crippen molar-refractivity contribution in [2.45, 2.75) is 17.1 Å². The third-order valence-corrected chi connectivity index (χ3v) is 3.97. The molecule has 0 fully saturated rings. The number of hydrogen-bond donors (Lipinski definition) is 1. The van der Waals surface area contributed by atoms with Crippen molar-refractivity contribution < 1.29 is 13.9 Å². The molecule has 1 atom stereocenters. The maximum atomic E-state index is 12.9. The minimum atomic E-state index is -0.305. The lowest BCUT2D eigenvalue weighted by Gasteiger charge is -2.14. The van der Waals surface area contributed by atoms with Crippen LogP contribution in [0.3, 0.4) is 0 Å². The number of ether oxygens (including phenoxy) is 1. The number of benzene rings is 2. The summed E-state index contributed by atoms with van der Waals surface area (Å²) in [6.45, 7) is 1.80. The molecule has 0 heterocycles. The van der Waals surface area contributed by atoms with Crippen LogP contribution in [0.4, 0.5) is 10.1 Å². The van der Waals surface area contributed by atoms with Crippen LogP contribution in [0.15, 0.2) is 53.4 Å². The summed E-state index contributed by atoms with van der Waals surface area (Å²) in [6.07, 6.45) is 0. The van der Waals surface area contributed by atoms with Crippen LogP contribution < -0.4 is 10.1 Å². The third kappa shape index (κ3) is 4.23. The Morgan fingerprint density at radius 3 is 2.52 bits per heavy atom. The van der Waals surface area contributed by atoms with Gasteiger partial charge in [-0.15, -0.1) is 11.8 Å². The molecule has 0 bridgehead atoms. The Balaban J connectivity index is 2.01. The van der Waals surface area contributed by atoms with Gasteiger partial charge in [0.2, 0.25) is 5.91 Å². The van der Waals surface area contributed by atoms with Crippen molar-refractivity contribution in [3.05, 3.63) is 54.3 Å². The molecule has 0 aliphatic carbocycles. The van der Waals surface area contributed by atoms with E-state index < -0.39 is 0 Å². The van der Waals surface area contributed by atoms with Gasteiger partial charge in [-0.05, 0) is 43.3 Å². The van der Waals surface area contributed by atoms with E-state index in [1.54, 1.807) is 38.3 Å². The number of amides is 1. The van der Waals surface area contributed by atoms with Crippen LogP contribution in [-0.2, 0) is 4.79 Å². The Morgan fingerprint density at radius 1 is 1.19 bits per heavy atom. The Labute approximate surface area is 127 Å². The number of hydrogen-bond acceptors (Lipinski definition) is 3. The molecule has 0 saturated carbocycles. The molecular weight excluding hydrogens is 289 g/mol. The summed E-state index contributed by atoms with van der Waals surface area (Å²) in [5.41, 5.74) is 0.636. The van der Waals surface area contributed by atoms with Gasteiger partial charge in [-0.1, -0.05) is 12.1 Å². The molecule has 2 aromatic rings. The van der Waals surface area contributed by atoms with Gasteiger partial charge < -0.3 is 10.1 Å². The average molecular weight is 305 g/mol. The van der Waals surface area contributed by atoms with Crippen molar-refractivity contribution in [1.29, 1.82) is 0 Å². The number of nitrogens with one attached hydrogen (secondary N) is 1. The number of para-hydroxylation sites is 2. The van der Waals surface area contributed by atoms with Crippen molar-refractivity contribution >= 4 is 23.4 Å². The zero-order valence-corrected chi connectivity index (χ0v) is 12.6. The van der Waals surface area contributed by atoms with E-state index >= 15 is 0 Å². The second-order valence-electron chi connectivity index (χ2n) is 4.40. The first-order chi connectivity index (χ1) is 10.1. The highest BCUT2D eigenvalue weighted by Crippen LogP contribution is 2.27. The molecule has 0 spiro atoms. The van der Waals surface area contributed by atoms with Crippen LogP contribution in [0, 0.1) is 5.82 Å². The topological polar surface area (TPSA) is 38.3 Å². The maximum Gasteiger partial charge on any atom is 0.237 e. The molecule has 0 aliphatic heterocycles. The zero-order chi connectivity index (χ0) is 15.2. The highest BCUT2D eigenvalue weighted by atomic mass is 32.2. The van der Waals surface area contributed by atoms with E-state index in [1.807, 2.05) is 12.1 Å². The summed E-state index contributed by atoms with van der Waals surface area (Å²) in [7, 11) is 1.56. The third-order valence-electron chi connectivity index (χ3n) is 2.86. The Morgan fingerprint density at radius 2 is 1.86 bits per heavy atom. The van der Waals surface area contributed by atoms with Gasteiger partial charge in [-0.25, -0.2) is 4.39 Å². The molecule has 5 heteroatoms. The highest BCUT2D eigenvalue weighted by Gasteiger charge is 2.16. The lowest BCUT2D eigenvalue weighted by atomic mass is 10.3. The molecule has 2 aromatic carbocycles. The number of rotatable bonds is 5. The van der Waals surface area contributed by atoms with E-state index in [4.69, 9.17) is 4.74 Å². The second kappa shape index (κ2) is 7.13. The van der Waals surface area contributed by atoms with Crippen molar-refractivity contribution in [1.82, 2.24) is 0 Å². The van der Waals surface area contributed by atoms with Crippen molar-refractivity contribution in [3.8, 4) is 5.75 Å². The van der Waals surface area contributed by atoms with E-state index in [9.17, 15) is 9.18 Å². The molecule has 3 nitrogen and oxygen atoms in total. The van der Waals surface area contributed by atoms with Crippen LogP contribution in [-0.4, -0.2) is 18.3 Å². The van der Waals surface area contributed by atoms with Gasteiger partial charge in [0.15, 0.2) is 0 Å². The van der Waals surface area contributed by atoms with Crippen LogP contribution in [0.5, 0.6) is 5.75 Å². The molecule has 2 rings (SSSR count). The number of anilines is 1. The molecule has 0 radical (unpaired) electrons. The fourth-order valence-corrected chi connectivity index (χ4v) is 2.62. The quantitative estimate of drug-likeness (QED) is 0.850. The summed E-state index contributed by atoms with van der Waals surface area (Å²) < 4.78 is 18.0. The van der Waals surface area contributed by atoms with Gasteiger partial charge in [0.05, 0.1) is 18.0 Å². The molecule has 1 N–H and O–H groups in total. The molecule has 0 unspecified atom stereocenters. The lowest BCUT2D eigenvalue weighted by molar-refractivity contribution is -0.115. The average Bonchev–Trinajstić information content (AvgIpc) is 2.50. The number of halogens is 1. The molecule has 21 heavy (non-hydrogen) atoms. The van der Waals surface area contributed by atoms with E-state index in [0.29, 0.717) is 11.4 Å². The van der Waals surface area contributed by atoms with Crippen LogP contribution in [0.2, 0.25) is 0 Å². The SMILES string of the molecule is COc1ccccc1NC(=O)[C@@H](C)Sc1ccc(F)cc1.